The molecule has 0 aromatic heterocycles. The van der Waals surface area contributed by atoms with E-state index in [1.54, 1.807) is 6.08 Å². The van der Waals surface area contributed by atoms with E-state index in [0.717, 1.165) is 12.2 Å². The smallest absolute Gasteiger partial charge is 0.160 e. The fourth-order valence-electron chi connectivity index (χ4n) is 2.53. The van der Waals surface area contributed by atoms with Gasteiger partial charge in [-0.25, -0.2) is 0 Å². The second-order valence-electron chi connectivity index (χ2n) is 4.12. The van der Waals surface area contributed by atoms with E-state index in [-0.39, 0.29) is 5.92 Å². The van der Waals surface area contributed by atoms with Crippen LogP contribution in [0.4, 0.5) is 0 Å². The summed E-state index contributed by atoms with van der Waals surface area (Å²) in [6, 6.07) is 0.776. The van der Waals surface area contributed by atoms with Crippen molar-refractivity contribution in [3.63, 3.8) is 0 Å². The van der Waals surface area contributed by atoms with Crippen molar-refractivity contribution in [2.45, 2.75) is 23.8 Å². The van der Waals surface area contributed by atoms with Crippen LogP contribution in [0.25, 0.3) is 0 Å². The summed E-state index contributed by atoms with van der Waals surface area (Å²) in [5.41, 5.74) is 0. The van der Waals surface area contributed by atoms with Crippen molar-refractivity contribution in [3.05, 3.63) is 24.3 Å². The van der Waals surface area contributed by atoms with Gasteiger partial charge >= 0.3 is 0 Å². The number of nitrogens with one attached hydrogen (secondary N) is 1. The van der Waals surface area contributed by atoms with Gasteiger partial charge in [0.15, 0.2) is 5.78 Å². The number of carbonyl (C=O) groups excluding carboxylic acids is 1. The second-order valence-corrected chi connectivity index (χ2v) is 5.39. The topological polar surface area (TPSA) is 29.1 Å². The predicted molar refractivity (Wildman–Crippen MR) is 58.4 cm³/mol. The lowest BCUT2D eigenvalue weighted by atomic mass is 9.88. The molecule has 0 amide bonds. The molecule has 2 heterocycles. The Labute approximate surface area is 87.8 Å². The molecular formula is C11H13NOS. The van der Waals surface area contributed by atoms with Crippen molar-refractivity contribution in [3.8, 4) is 0 Å². The van der Waals surface area contributed by atoms with Gasteiger partial charge in [-0.3, -0.25) is 4.79 Å². The summed E-state index contributed by atoms with van der Waals surface area (Å²) in [4.78, 5) is 11.5. The highest BCUT2D eigenvalue weighted by Crippen LogP contribution is 2.35. The lowest BCUT2D eigenvalue weighted by Crippen LogP contribution is -2.52. The summed E-state index contributed by atoms with van der Waals surface area (Å²) < 4.78 is 0. The molecule has 1 fully saturated rings. The minimum atomic E-state index is 0.218. The zero-order valence-corrected chi connectivity index (χ0v) is 8.67. The molecule has 1 aliphatic carbocycles. The molecule has 3 heteroatoms. The van der Waals surface area contributed by atoms with Gasteiger partial charge in [-0.2, -0.15) is 11.8 Å². The Bertz CT molecular complexity index is 323. The molecule has 1 N–H and O–H groups in total. The van der Waals surface area contributed by atoms with E-state index in [4.69, 9.17) is 0 Å². The van der Waals surface area contributed by atoms with Gasteiger partial charge in [0.1, 0.15) is 0 Å². The monoisotopic (exact) mass is 207 g/mol. The zero-order chi connectivity index (χ0) is 9.54. The molecule has 2 aliphatic heterocycles. The average Bonchev–Trinajstić information content (AvgIpc) is 2.57. The van der Waals surface area contributed by atoms with E-state index in [1.165, 1.54) is 0 Å². The van der Waals surface area contributed by atoms with Crippen molar-refractivity contribution in [2.24, 2.45) is 5.92 Å². The van der Waals surface area contributed by atoms with Crippen LogP contribution in [0.15, 0.2) is 24.3 Å². The first kappa shape index (κ1) is 8.74. The zero-order valence-electron chi connectivity index (χ0n) is 7.85. The highest BCUT2D eigenvalue weighted by molar-refractivity contribution is 8.00. The number of hydrogen-bond acceptors (Lipinski definition) is 3. The van der Waals surface area contributed by atoms with Crippen LogP contribution in [-0.4, -0.2) is 28.9 Å². The largest absolute Gasteiger partial charge is 0.302 e. The number of rotatable bonds is 0. The first-order chi connectivity index (χ1) is 6.84. The second kappa shape index (κ2) is 3.24. The Morgan fingerprint density at radius 3 is 3.21 bits per heavy atom. The lowest BCUT2D eigenvalue weighted by Gasteiger charge is -2.38. The fraction of sp³-hybridized carbons (Fsp3) is 0.545. The number of hydrogen-bond donors (Lipinski definition) is 1. The van der Waals surface area contributed by atoms with Gasteiger partial charge < -0.3 is 5.32 Å². The summed E-state index contributed by atoms with van der Waals surface area (Å²) in [7, 11) is 0. The van der Waals surface area contributed by atoms with Gasteiger partial charge in [-0.1, -0.05) is 18.2 Å². The molecule has 0 radical (unpaired) electrons. The maximum atomic E-state index is 11.5. The standard InChI is InChI=1S/C11H13NOS/c13-10-4-3-8-7(10)6-11-9(12-8)2-1-5-14-11/h1-4,7-9,11-12H,5-6H2. The third-order valence-corrected chi connectivity index (χ3v) is 4.59. The molecule has 1 saturated heterocycles. The molecule has 4 atom stereocenters. The van der Waals surface area contributed by atoms with Crippen LogP contribution < -0.4 is 5.32 Å². The molecule has 0 bridgehead atoms. The number of piperidine rings is 1. The minimum Gasteiger partial charge on any atom is -0.302 e. The normalized spacial score (nSPS) is 45.0. The van der Waals surface area contributed by atoms with Gasteiger partial charge in [0.25, 0.3) is 0 Å². The van der Waals surface area contributed by atoms with Crippen molar-refractivity contribution in [1.82, 2.24) is 5.32 Å². The Kier molecular flexibility index (Phi) is 2.03. The third kappa shape index (κ3) is 1.27. The molecular weight excluding hydrogens is 194 g/mol. The summed E-state index contributed by atoms with van der Waals surface area (Å²) in [6.45, 7) is 0. The number of thioether (sulfide) groups is 1. The van der Waals surface area contributed by atoms with E-state index in [1.807, 2.05) is 17.8 Å². The average molecular weight is 207 g/mol. The van der Waals surface area contributed by atoms with Crippen LogP contribution in [0.5, 0.6) is 0 Å². The van der Waals surface area contributed by atoms with E-state index in [9.17, 15) is 4.79 Å². The van der Waals surface area contributed by atoms with Crippen LogP contribution in [0.2, 0.25) is 0 Å². The predicted octanol–water partition coefficient (Wildman–Crippen LogP) is 1.14. The summed E-state index contributed by atoms with van der Waals surface area (Å²) in [6.07, 6.45) is 9.29. The fourth-order valence-corrected chi connectivity index (χ4v) is 3.72. The molecule has 4 unspecified atom stereocenters. The molecule has 2 nitrogen and oxygen atoms in total. The Hall–Kier alpha value is -0.540. The molecule has 0 saturated carbocycles. The van der Waals surface area contributed by atoms with Gasteiger partial charge in [0, 0.05) is 29.0 Å². The van der Waals surface area contributed by atoms with E-state index in [0.29, 0.717) is 23.1 Å². The van der Waals surface area contributed by atoms with Gasteiger partial charge in [0.05, 0.1) is 0 Å². The number of fused-ring (bicyclic) bond motifs is 2. The van der Waals surface area contributed by atoms with Crippen molar-refractivity contribution < 1.29 is 4.79 Å². The molecule has 0 aromatic rings. The van der Waals surface area contributed by atoms with E-state index in [2.05, 4.69) is 17.5 Å². The van der Waals surface area contributed by atoms with Crippen LogP contribution in [0.1, 0.15) is 6.42 Å². The SMILES string of the molecule is O=C1C=CC2NC3C=CCSC3CC12. The number of carbonyl (C=O) groups is 1. The summed E-state index contributed by atoms with van der Waals surface area (Å²) >= 11 is 1.97. The summed E-state index contributed by atoms with van der Waals surface area (Å²) in [5, 5.41) is 4.13. The van der Waals surface area contributed by atoms with Crippen LogP contribution >= 0.6 is 11.8 Å². The molecule has 0 spiro atoms. The Morgan fingerprint density at radius 1 is 1.36 bits per heavy atom. The van der Waals surface area contributed by atoms with Crippen LogP contribution in [0.3, 0.4) is 0 Å². The molecule has 74 valence electrons. The number of allylic oxidation sites excluding steroid dienone is 1. The first-order valence-electron chi connectivity index (χ1n) is 5.11. The molecule has 0 aromatic carbocycles. The Morgan fingerprint density at radius 2 is 2.29 bits per heavy atom. The quantitative estimate of drug-likeness (QED) is 0.604. The van der Waals surface area contributed by atoms with E-state index < -0.39 is 0 Å². The lowest BCUT2D eigenvalue weighted by molar-refractivity contribution is -0.118. The molecule has 3 aliphatic rings. The van der Waals surface area contributed by atoms with Gasteiger partial charge in [0.2, 0.25) is 0 Å². The van der Waals surface area contributed by atoms with E-state index >= 15 is 0 Å². The van der Waals surface area contributed by atoms with Crippen LogP contribution in [-0.2, 0) is 4.79 Å². The highest BCUT2D eigenvalue weighted by atomic mass is 32.2. The van der Waals surface area contributed by atoms with Crippen molar-refractivity contribution in [1.29, 1.82) is 0 Å². The maximum Gasteiger partial charge on any atom is 0.160 e. The van der Waals surface area contributed by atoms with Crippen molar-refractivity contribution >= 4 is 17.5 Å². The minimum absolute atomic E-state index is 0.218. The highest BCUT2D eigenvalue weighted by Gasteiger charge is 2.40. The van der Waals surface area contributed by atoms with Gasteiger partial charge in [-0.15, -0.1) is 0 Å². The third-order valence-electron chi connectivity index (χ3n) is 3.29. The molecule has 14 heavy (non-hydrogen) atoms. The van der Waals surface area contributed by atoms with Crippen LogP contribution in [0, 0.1) is 5.92 Å². The first-order valence-corrected chi connectivity index (χ1v) is 6.16. The Balaban J connectivity index is 1.83. The molecule has 3 rings (SSSR count). The van der Waals surface area contributed by atoms with Crippen molar-refractivity contribution in [2.75, 3.05) is 5.75 Å². The van der Waals surface area contributed by atoms with Gasteiger partial charge in [-0.05, 0) is 12.5 Å². The number of ketones is 1. The summed E-state index contributed by atoms with van der Waals surface area (Å²) in [5.74, 6) is 1.63. The maximum absolute atomic E-state index is 11.5.